The normalized spacial score (nSPS) is 16.9. The molecule has 2 aromatic rings. The molecule has 1 amide bonds. The summed E-state index contributed by atoms with van der Waals surface area (Å²) in [6.45, 7) is 0.988. The predicted octanol–water partition coefficient (Wildman–Crippen LogP) is 2.32. The molecule has 0 radical (unpaired) electrons. The van der Waals surface area contributed by atoms with Gasteiger partial charge >= 0.3 is 0 Å². The summed E-state index contributed by atoms with van der Waals surface area (Å²) in [7, 11) is 2.89. The predicted molar refractivity (Wildman–Crippen MR) is 91.1 cm³/mol. The zero-order valence-electron chi connectivity index (χ0n) is 14.6. The van der Waals surface area contributed by atoms with Gasteiger partial charge in [0.2, 0.25) is 11.8 Å². The fraction of sp³-hybridized carbons (Fsp3) is 0.389. The molecule has 1 atom stereocenters. The first-order valence-electron chi connectivity index (χ1n) is 8.26. The number of carbonyl (C=O) groups excluding carboxylic acids is 1. The average Bonchev–Trinajstić information content (AvgIpc) is 2.67. The SMILES string of the molecule is COc1cncc(O[C@@H]2CCCN(C(=O)c3ccc(OC)c(F)c3)C2)n1. The van der Waals surface area contributed by atoms with Crippen LogP contribution in [0, 0.1) is 5.82 Å². The minimum Gasteiger partial charge on any atom is -0.494 e. The van der Waals surface area contributed by atoms with E-state index in [0.717, 1.165) is 12.8 Å². The minimum atomic E-state index is -0.560. The van der Waals surface area contributed by atoms with Gasteiger partial charge in [0.15, 0.2) is 11.6 Å². The number of methoxy groups -OCH3 is 2. The highest BCUT2D eigenvalue weighted by Gasteiger charge is 2.26. The Bertz CT molecular complexity index is 787. The van der Waals surface area contributed by atoms with Crippen LogP contribution in [-0.4, -0.2) is 54.2 Å². The lowest BCUT2D eigenvalue weighted by Crippen LogP contribution is -2.44. The number of rotatable bonds is 5. The van der Waals surface area contributed by atoms with Crippen LogP contribution in [0.5, 0.6) is 17.5 Å². The van der Waals surface area contributed by atoms with Gasteiger partial charge < -0.3 is 19.1 Å². The van der Waals surface area contributed by atoms with E-state index in [1.54, 1.807) is 11.0 Å². The molecule has 0 aliphatic carbocycles. The number of piperidine rings is 1. The molecule has 1 aliphatic heterocycles. The molecule has 1 aliphatic rings. The summed E-state index contributed by atoms with van der Waals surface area (Å²) in [6, 6.07) is 4.20. The van der Waals surface area contributed by atoms with Crippen molar-refractivity contribution in [1.82, 2.24) is 14.9 Å². The number of hydrogen-bond acceptors (Lipinski definition) is 6. The second-order valence-corrected chi connectivity index (χ2v) is 5.88. The summed E-state index contributed by atoms with van der Waals surface area (Å²) in [5.74, 6) is 0.0171. The number of carbonyl (C=O) groups is 1. The lowest BCUT2D eigenvalue weighted by Gasteiger charge is -2.32. The molecule has 0 N–H and O–H groups in total. The maximum absolute atomic E-state index is 13.9. The third kappa shape index (κ3) is 4.01. The van der Waals surface area contributed by atoms with Crippen molar-refractivity contribution < 1.29 is 23.4 Å². The zero-order valence-corrected chi connectivity index (χ0v) is 14.6. The van der Waals surface area contributed by atoms with Crippen LogP contribution in [0.2, 0.25) is 0 Å². The van der Waals surface area contributed by atoms with Gasteiger partial charge in [-0.05, 0) is 31.0 Å². The summed E-state index contributed by atoms with van der Waals surface area (Å²) in [5.41, 5.74) is 0.283. The summed E-state index contributed by atoms with van der Waals surface area (Å²) in [4.78, 5) is 22.5. The number of benzene rings is 1. The summed E-state index contributed by atoms with van der Waals surface area (Å²) in [6.07, 6.45) is 4.35. The number of likely N-dealkylation sites (tertiary alicyclic amines) is 1. The zero-order chi connectivity index (χ0) is 18.5. The van der Waals surface area contributed by atoms with Gasteiger partial charge in [0.25, 0.3) is 5.91 Å². The van der Waals surface area contributed by atoms with Gasteiger partial charge in [-0.3, -0.25) is 9.78 Å². The molecule has 1 aromatic carbocycles. The van der Waals surface area contributed by atoms with Gasteiger partial charge in [-0.2, -0.15) is 4.98 Å². The Morgan fingerprint density at radius 1 is 1.23 bits per heavy atom. The van der Waals surface area contributed by atoms with Gasteiger partial charge in [0.05, 0.1) is 33.2 Å². The second-order valence-electron chi connectivity index (χ2n) is 5.88. The monoisotopic (exact) mass is 361 g/mol. The molecule has 0 unspecified atom stereocenters. The van der Waals surface area contributed by atoms with Crippen LogP contribution in [0.4, 0.5) is 4.39 Å². The van der Waals surface area contributed by atoms with E-state index in [1.165, 1.54) is 38.7 Å². The van der Waals surface area contributed by atoms with Crippen LogP contribution >= 0.6 is 0 Å². The van der Waals surface area contributed by atoms with Crippen LogP contribution in [0.3, 0.4) is 0 Å². The van der Waals surface area contributed by atoms with E-state index in [-0.39, 0.29) is 23.3 Å². The van der Waals surface area contributed by atoms with Crippen molar-refractivity contribution in [2.75, 3.05) is 27.3 Å². The maximum atomic E-state index is 13.9. The fourth-order valence-electron chi connectivity index (χ4n) is 2.86. The minimum absolute atomic E-state index is 0.109. The van der Waals surface area contributed by atoms with E-state index in [1.807, 2.05) is 0 Å². The van der Waals surface area contributed by atoms with Crippen molar-refractivity contribution in [1.29, 1.82) is 0 Å². The van der Waals surface area contributed by atoms with Crippen molar-refractivity contribution in [2.24, 2.45) is 0 Å². The number of nitrogens with zero attached hydrogens (tertiary/aromatic N) is 3. The lowest BCUT2D eigenvalue weighted by molar-refractivity contribution is 0.0525. The first kappa shape index (κ1) is 17.9. The first-order valence-corrected chi connectivity index (χ1v) is 8.26. The second kappa shape index (κ2) is 7.99. The van der Waals surface area contributed by atoms with Crippen LogP contribution in [-0.2, 0) is 0 Å². The molecule has 0 bridgehead atoms. The van der Waals surface area contributed by atoms with Crippen LogP contribution in [0.1, 0.15) is 23.2 Å². The Labute approximate surface area is 150 Å². The molecule has 8 heteroatoms. The molecular weight excluding hydrogens is 341 g/mol. The number of hydrogen-bond donors (Lipinski definition) is 0. The molecule has 26 heavy (non-hydrogen) atoms. The standard InChI is InChI=1S/C18H20FN3O4/c1-24-15-6-5-12(8-14(15)19)18(23)22-7-3-4-13(11-22)26-17-10-20-9-16(21-17)25-2/h5-6,8-10,13H,3-4,7,11H2,1-2H3/t13-/m1/s1. The first-order chi connectivity index (χ1) is 12.6. The highest BCUT2D eigenvalue weighted by atomic mass is 19.1. The summed E-state index contributed by atoms with van der Waals surface area (Å²) in [5, 5.41) is 0. The van der Waals surface area contributed by atoms with Crippen molar-refractivity contribution in [3.05, 3.63) is 42.0 Å². The summed E-state index contributed by atoms with van der Waals surface area (Å²) >= 11 is 0. The third-order valence-corrected chi connectivity index (χ3v) is 4.15. The maximum Gasteiger partial charge on any atom is 0.254 e. The topological polar surface area (TPSA) is 73.8 Å². The molecule has 2 heterocycles. The van der Waals surface area contributed by atoms with E-state index in [2.05, 4.69) is 9.97 Å². The Morgan fingerprint density at radius 2 is 2.04 bits per heavy atom. The van der Waals surface area contributed by atoms with E-state index in [4.69, 9.17) is 14.2 Å². The number of amides is 1. The van der Waals surface area contributed by atoms with Crippen LogP contribution in [0.15, 0.2) is 30.6 Å². The molecule has 0 spiro atoms. The van der Waals surface area contributed by atoms with Gasteiger partial charge in [0, 0.05) is 12.1 Å². The molecule has 138 valence electrons. The van der Waals surface area contributed by atoms with E-state index in [0.29, 0.717) is 24.8 Å². The highest BCUT2D eigenvalue weighted by Crippen LogP contribution is 2.22. The Morgan fingerprint density at radius 3 is 2.77 bits per heavy atom. The number of aromatic nitrogens is 2. The molecule has 1 fully saturated rings. The van der Waals surface area contributed by atoms with Gasteiger partial charge in [-0.25, -0.2) is 4.39 Å². The fourth-order valence-corrected chi connectivity index (χ4v) is 2.86. The molecule has 7 nitrogen and oxygen atoms in total. The average molecular weight is 361 g/mol. The lowest BCUT2D eigenvalue weighted by atomic mass is 10.1. The Kier molecular flexibility index (Phi) is 5.50. The van der Waals surface area contributed by atoms with Gasteiger partial charge in [-0.1, -0.05) is 0 Å². The molecule has 1 aromatic heterocycles. The highest BCUT2D eigenvalue weighted by molar-refractivity contribution is 5.94. The van der Waals surface area contributed by atoms with Crippen molar-refractivity contribution in [2.45, 2.75) is 18.9 Å². The van der Waals surface area contributed by atoms with Crippen molar-refractivity contribution >= 4 is 5.91 Å². The van der Waals surface area contributed by atoms with Crippen LogP contribution in [0.25, 0.3) is 0 Å². The van der Waals surface area contributed by atoms with E-state index >= 15 is 0 Å². The third-order valence-electron chi connectivity index (χ3n) is 4.15. The molecule has 1 saturated heterocycles. The van der Waals surface area contributed by atoms with Gasteiger partial charge in [-0.15, -0.1) is 0 Å². The molecule has 0 saturated carbocycles. The Hall–Kier alpha value is -2.90. The van der Waals surface area contributed by atoms with Crippen LogP contribution < -0.4 is 14.2 Å². The van der Waals surface area contributed by atoms with Crippen molar-refractivity contribution in [3.63, 3.8) is 0 Å². The summed E-state index contributed by atoms with van der Waals surface area (Å²) < 4.78 is 29.6. The van der Waals surface area contributed by atoms with E-state index in [9.17, 15) is 9.18 Å². The number of halogens is 1. The van der Waals surface area contributed by atoms with Gasteiger partial charge in [0.1, 0.15) is 6.10 Å². The Balaban J connectivity index is 1.67. The van der Waals surface area contributed by atoms with E-state index < -0.39 is 5.82 Å². The largest absolute Gasteiger partial charge is 0.494 e. The smallest absolute Gasteiger partial charge is 0.254 e. The quantitative estimate of drug-likeness (QED) is 0.814. The molecule has 3 rings (SSSR count). The molecular formula is C18H20FN3O4. The van der Waals surface area contributed by atoms with Crippen molar-refractivity contribution in [3.8, 4) is 17.5 Å². The number of ether oxygens (including phenoxy) is 3.